The lowest BCUT2D eigenvalue weighted by molar-refractivity contribution is 0.0900. The SMILES string of the molecule is COCC(C)CN1CC(C)NCC1C. The number of nitrogens with one attached hydrogen (secondary N) is 1. The van der Waals surface area contributed by atoms with Crippen LogP contribution in [0.25, 0.3) is 0 Å². The van der Waals surface area contributed by atoms with Crippen molar-refractivity contribution in [2.45, 2.75) is 32.9 Å². The Bertz CT molecular complexity index is 163. The quantitative estimate of drug-likeness (QED) is 0.731. The van der Waals surface area contributed by atoms with Gasteiger partial charge in [-0.05, 0) is 19.8 Å². The number of ether oxygens (including phenoxy) is 1. The maximum absolute atomic E-state index is 5.16. The van der Waals surface area contributed by atoms with E-state index in [1.807, 2.05) is 0 Å². The minimum Gasteiger partial charge on any atom is -0.384 e. The monoisotopic (exact) mass is 200 g/mol. The Balaban J connectivity index is 2.33. The third kappa shape index (κ3) is 3.56. The highest BCUT2D eigenvalue weighted by atomic mass is 16.5. The topological polar surface area (TPSA) is 24.5 Å². The summed E-state index contributed by atoms with van der Waals surface area (Å²) < 4.78 is 5.16. The first-order valence-corrected chi connectivity index (χ1v) is 5.59. The van der Waals surface area contributed by atoms with Crippen LogP contribution in [-0.2, 0) is 4.74 Å². The fourth-order valence-corrected chi connectivity index (χ4v) is 2.09. The molecule has 1 N–H and O–H groups in total. The van der Waals surface area contributed by atoms with Gasteiger partial charge in [-0.3, -0.25) is 4.90 Å². The average molecular weight is 200 g/mol. The maximum atomic E-state index is 5.16. The second-order valence-corrected chi connectivity index (χ2v) is 4.67. The summed E-state index contributed by atoms with van der Waals surface area (Å²) in [5.74, 6) is 0.632. The molecule has 3 atom stereocenters. The minimum absolute atomic E-state index is 0.626. The molecule has 0 amide bonds. The van der Waals surface area contributed by atoms with Gasteiger partial charge in [0.1, 0.15) is 0 Å². The molecule has 1 fully saturated rings. The molecule has 1 aliphatic heterocycles. The molecule has 0 bridgehead atoms. The van der Waals surface area contributed by atoms with Crippen LogP contribution in [0.5, 0.6) is 0 Å². The van der Waals surface area contributed by atoms with Crippen molar-refractivity contribution >= 4 is 0 Å². The lowest BCUT2D eigenvalue weighted by Gasteiger charge is -2.38. The van der Waals surface area contributed by atoms with Gasteiger partial charge in [0.2, 0.25) is 0 Å². The molecule has 1 heterocycles. The molecule has 0 saturated carbocycles. The van der Waals surface area contributed by atoms with E-state index in [1.165, 1.54) is 0 Å². The summed E-state index contributed by atoms with van der Waals surface area (Å²) in [4.78, 5) is 2.56. The molecule has 0 aromatic heterocycles. The van der Waals surface area contributed by atoms with E-state index in [0.717, 1.165) is 26.2 Å². The van der Waals surface area contributed by atoms with Gasteiger partial charge >= 0.3 is 0 Å². The second kappa shape index (κ2) is 5.69. The first-order chi connectivity index (χ1) is 6.63. The van der Waals surface area contributed by atoms with Crippen molar-refractivity contribution in [2.24, 2.45) is 5.92 Å². The van der Waals surface area contributed by atoms with Crippen LogP contribution in [0, 0.1) is 5.92 Å². The molecule has 3 heteroatoms. The van der Waals surface area contributed by atoms with Gasteiger partial charge in [0, 0.05) is 45.4 Å². The zero-order chi connectivity index (χ0) is 10.6. The highest BCUT2D eigenvalue weighted by molar-refractivity contribution is 4.82. The lowest BCUT2D eigenvalue weighted by atomic mass is 10.1. The molecule has 14 heavy (non-hydrogen) atoms. The van der Waals surface area contributed by atoms with Gasteiger partial charge in [0.25, 0.3) is 0 Å². The highest BCUT2D eigenvalue weighted by Gasteiger charge is 2.23. The molecule has 0 radical (unpaired) electrons. The molecular formula is C11H24N2O. The van der Waals surface area contributed by atoms with Crippen molar-refractivity contribution < 1.29 is 4.74 Å². The Morgan fingerprint density at radius 3 is 2.86 bits per heavy atom. The third-order valence-electron chi connectivity index (χ3n) is 2.89. The van der Waals surface area contributed by atoms with Crippen LogP contribution in [0.2, 0.25) is 0 Å². The van der Waals surface area contributed by atoms with Crippen LogP contribution >= 0.6 is 0 Å². The van der Waals surface area contributed by atoms with E-state index in [1.54, 1.807) is 7.11 Å². The summed E-state index contributed by atoms with van der Waals surface area (Å²) in [6.45, 7) is 11.1. The lowest BCUT2D eigenvalue weighted by Crippen LogP contribution is -2.55. The Morgan fingerprint density at radius 1 is 1.50 bits per heavy atom. The van der Waals surface area contributed by atoms with Crippen LogP contribution < -0.4 is 5.32 Å². The molecule has 3 nitrogen and oxygen atoms in total. The van der Waals surface area contributed by atoms with Gasteiger partial charge in [0.05, 0.1) is 0 Å². The fraction of sp³-hybridized carbons (Fsp3) is 1.00. The Labute approximate surface area is 87.8 Å². The summed E-state index contributed by atoms with van der Waals surface area (Å²) >= 11 is 0. The molecule has 1 saturated heterocycles. The van der Waals surface area contributed by atoms with Crippen molar-refractivity contribution in [3.63, 3.8) is 0 Å². The number of piperazine rings is 1. The minimum atomic E-state index is 0.626. The first-order valence-electron chi connectivity index (χ1n) is 5.59. The van der Waals surface area contributed by atoms with Crippen molar-refractivity contribution in [3.05, 3.63) is 0 Å². The van der Waals surface area contributed by atoms with Crippen LogP contribution in [0.15, 0.2) is 0 Å². The van der Waals surface area contributed by atoms with Crippen molar-refractivity contribution in [3.8, 4) is 0 Å². The van der Waals surface area contributed by atoms with Crippen molar-refractivity contribution in [1.29, 1.82) is 0 Å². The van der Waals surface area contributed by atoms with Gasteiger partial charge in [-0.2, -0.15) is 0 Å². The standard InChI is InChI=1S/C11H24N2O/c1-9(8-14-4)6-13-7-10(2)12-5-11(13)3/h9-12H,5-8H2,1-4H3. The number of rotatable bonds is 4. The van der Waals surface area contributed by atoms with E-state index in [-0.39, 0.29) is 0 Å². The van der Waals surface area contributed by atoms with E-state index in [2.05, 4.69) is 31.0 Å². The molecule has 0 spiro atoms. The highest BCUT2D eigenvalue weighted by Crippen LogP contribution is 2.09. The molecular weight excluding hydrogens is 176 g/mol. The summed E-state index contributed by atoms with van der Waals surface area (Å²) in [5, 5.41) is 3.49. The van der Waals surface area contributed by atoms with Gasteiger partial charge in [-0.1, -0.05) is 6.92 Å². The predicted octanol–water partition coefficient (Wildman–Crippen LogP) is 0.951. The number of methoxy groups -OCH3 is 1. The summed E-state index contributed by atoms with van der Waals surface area (Å²) in [7, 11) is 1.78. The zero-order valence-electron chi connectivity index (χ0n) is 9.92. The number of hydrogen-bond donors (Lipinski definition) is 1. The van der Waals surface area contributed by atoms with Gasteiger partial charge < -0.3 is 10.1 Å². The largest absolute Gasteiger partial charge is 0.384 e. The van der Waals surface area contributed by atoms with E-state index < -0.39 is 0 Å². The second-order valence-electron chi connectivity index (χ2n) is 4.67. The van der Waals surface area contributed by atoms with Crippen molar-refractivity contribution in [1.82, 2.24) is 10.2 Å². The molecule has 84 valence electrons. The average Bonchev–Trinajstić information content (AvgIpc) is 2.12. The molecule has 1 aliphatic rings. The molecule has 0 aromatic rings. The van der Waals surface area contributed by atoms with E-state index in [0.29, 0.717) is 18.0 Å². The summed E-state index contributed by atoms with van der Waals surface area (Å²) in [6.07, 6.45) is 0. The number of nitrogens with zero attached hydrogens (tertiary/aromatic N) is 1. The first kappa shape index (κ1) is 12.0. The fourth-order valence-electron chi connectivity index (χ4n) is 2.09. The zero-order valence-corrected chi connectivity index (χ0v) is 9.92. The van der Waals surface area contributed by atoms with Gasteiger partial charge in [-0.25, -0.2) is 0 Å². The summed E-state index contributed by atoms with van der Waals surface area (Å²) in [5.41, 5.74) is 0. The Kier molecular flexibility index (Phi) is 4.85. The van der Waals surface area contributed by atoms with E-state index >= 15 is 0 Å². The maximum Gasteiger partial charge on any atom is 0.0500 e. The predicted molar refractivity (Wildman–Crippen MR) is 59.5 cm³/mol. The Hall–Kier alpha value is -0.120. The van der Waals surface area contributed by atoms with Crippen LogP contribution in [0.1, 0.15) is 20.8 Å². The molecule has 3 unspecified atom stereocenters. The van der Waals surface area contributed by atoms with E-state index in [9.17, 15) is 0 Å². The molecule has 0 aliphatic carbocycles. The molecule has 1 rings (SSSR count). The van der Waals surface area contributed by atoms with Gasteiger partial charge in [-0.15, -0.1) is 0 Å². The summed E-state index contributed by atoms with van der Waals surface area (Å²) in [6, 6.07) is 1.28. The number of hydrogen-bond acceptors (Lipinski definition) is 3. The van der Waals surface area contributed by atoms with Gasteiger partial charge in [0.15, 0.2) is 0 Å². The van der Waals surface area contributed by atoms with E-state index in [4.69, 9.17) is 4.74 Å². The van der Waals surface area contributed by atoms with Crippen LogP contribution in [0.3, 0.4) is 0 Å². The van der Waals surface area contributed by atoms with Crippen LogP contribution in [-0.4, -0.2) is 50.3 Å². The third-order valence-corrected chi connectivity index (χ3v) is 2.89. The Morgan fingerprint density at radius 2 is 2.21 bits per heavy atom. The van der Waals surface area contributed by atoms with Crippen LogP contribution in [0.4, 0.5) is 0 Å². The molecule has 0 aromatic carbocycles. The normalized spacial score (nSPS) is 31.7. The van der Waals surface area contributed by atoms with Crippen molar-refractivity contribution in [2.75, 3.05) is 33.4 Å². The smallest absolute Gasteiger partial charge is 0.0500 e.